The zero-order valence-electron chi connectivity index (χ0n) is 10.8. The van der Waals surface area contributed by atoms with Crippen molar-refractivity contribution in [2.75, 3.05) is 30.0 Å². The smallest absolute Gasteiger partial charge is 0.159 e. The molecular weight excluding hydrogens is 226 g/mol. The summed E-state index contributed by atoms with van der Waals surface area (Å²) >= 11 is 0. The maximum Gasteiger partial charge on any atom is 0.159 e. The van der Waals surface area contributed by atoms with Gasteiger partial charge < -0.3 is 16.0 Å². The number of hydrogen-bond acceptors (Lipinski definition) is 5. The summed E-state index contributed by atoms with van der Waals surface area (Å²) in [7, 11) is 3.80. The second kappa shape index (κ2) is 4.91. The normalized spacial score (nSPS) is 10.2. The van der Waals surface area contributed by atoms with Crippen LogP contribution in [0.1, 0.15) is 5.56 Å². The minimum absolute atomic E-state index is 0.545. The number of hydrogen-bond donors (Lipinski definition) is 2. The summed E-state index contributed by atoms with van der Waals surface area (Å²) in [6.45, 7) is 2.04. The molecule has 0 aliphatic rings. The van der Waals surface area contributed by atoms with E-state index < -0.39 is 0 Å². The molecule has 3 N–H and O–H groups in total. The predicted octanol–water partition coefficient (Wildman–Crippen LogP) is 2.18. The van der Waals surface area contributed by atoms with Crippen molar-refractivity contribution in [3.8, 4) is 0 Å². The van der Waals surface area contributed by atoms with Crippen LogP contribution in [0.2, 0.25) is 0 Å². The van der Waals surface area contributed by atoms with E-state index in [0.717, 1.165) is 5.69 Å². The summed E-state index contributed by atoms with van der Waals surface area (Å²) in [5.74, 6) is 1.33. The molecule has 0 fully saturated rings. The number of anilines is 4. The fourth-order valence-corrected chi connectivity index (χ4v) is 1.70. The molecule has 5 heteroatoms. The molecule has 18 heavy (non-hydrogen) atoms. The lowest BCUT2D eigenvalue weighted by molar-refractivity contribution is 1.04. The lowest BCUT2D eigenvalue weighted by Crippen LogP contribution is -2.14. The maximum absolute atomic E-state index is 6.04. The Morgan fingerprint density at radius 1 is 1.22 bits per heavy atom. The largest absolute Gasteiger partial charge is 0.393 e. The van der Waals surface area contributed by atoms with Gasteiger partial charge in [0.15, 0.2) is 11.6 Å². The van der Waals surface area contributed by atoms with Crippen molar-refractivity contribution in [2.45, 2.75) is 6.92 Å². The van der Waals surface area contributed by atoms with E-state index >= 15 is 0 Å². The van der Waals surface area contributed by atoms with E-state index in [2.05, 4.69) is 15.3 Å². The van der Waals surface area contributed by atoms with Crippen molar-refractivity contribution < 1.29 is 0 Å². The SMILES string of the molecule is Cc1cccc(Nc2ncnc(N(C)C)c2N)c1. The Labute approximate surface area is 107 Å². The molecule has 1 aromatic heterocycles. The molecule has 0 spiro atoms. The van der Waals surface area contributed by atoms with E-state index in [0.29, 0.717) is 17.3 Å². The minimum atomic E-state index is 0.545. The third-order valence-electron chi connectivity index (χ3n) is 2.57. The molecule has 0 bridgehead atoms. The molecule has 5 nitrogen and oxygen atoms in total. The van der Waals surface area contributed by atoms with E-state index in [-0.39, 0.29) is 0 Å². The van der Waals surface area contributed by atoms with Crippen LogP contribution < -0.4 is 16.0 Å². The quantitative estimate of drug-likeness (QED) is 0.864. The Morgan fingerprint density at radius 2 is 2.00 bits per heavy atom. The molecule has 0 unspecified atom stereocenters. The van der Waals surface area contributed by atoms with Gasteiger partial charge in [0.05, 0.1) is 0 Å². The van der Waals surface area contributed by atoms with Crippen LogP contribution in [-0.2, 0) is 0 Å². The van der Waals surface area contributed by atoms with Crippen LogP contribution in [0.4, 0.5) is 23.0 Å². The van der Waals surface area contributed by atoms with Crippen LogP contribution in [0.25, 0.3) is 0 Å². The summed E-state index contributed by atoms with van der Waals surface area (Å²) in [6.07, 6.45) is 1.50. The lowest BCUT2D eigenvalue weighted by Gasteiger charge is -2.16. The Kier molecular flexibility index (Phi) is 3.32. The summed E-state index contributed by atoms with van der Waals surface area (Å²) in [6, 6.07) is 8.04. The van der Waals surface area contributed by atoms with Crippen molar-refractivity contribution in [3.63, 3.8) is 0 Å². The van der Waals surface area contributed by atoms with Gasteiger partial charge in [-0.1, -0.05) is 12.1 Å². The number of benzene rings is 1. The zero-order chi connectivity index (χ0) is 13.1. The van der Waals surface area contributed by atoms with Crippen LogP contribution in [0.15, 0.2) is 30.6 Å². The first-order valence-corrected chi connectivity index (χ1v) is 5.69. The van der Waals surface area contributed by atoms with E-state index in [1.807, 2.05) is 50.2 Å². The average molecular weight is 243 g/mol. The Balaban J connectivity index is 2.32. The molecule has 0 aliphatic heterocycles. The number of rotatable bonds is 3. The molecular formula is C13H17N5. The summed E-state index contributed by atoms with van der Waals surface area (Å²) < 4.78 is 0. The number of nitrogens with two attached hydrogens (primary N) is 1. The molecule has 2 rings (SSSR count). The van der Waals surface area contributed by atoms with Crippen molar-refractivity contribution >= 4 is 23.0 Å². The molecule has 2 aromatic rings. The second-order valence-electron chi connectivity index (χ2n) is 4.35. The van der Waals surface area contributed by atoms with Crippen molar-refractivity contribution in [2.24, 2.45) is 0 Å². The van der Waals surface area contributed by atoms with E-state index in [4.69, 9.17) is 5.73 Å². The summed E-state index contributed by atoms with van der Waals surface area (Å²) in [5.41, 5.74) is 8.73. The molecule has 1 heterocycles. The van der Waals surface area contributed by atoms with Gasteiger partial charge in [0.2, 0.25) is 0 Å². The molecule has 0 saturated heterocycles. The van der Waals surface area contributed by atoms with Crippen LogP contribution in [0, 0.1) is 6.92 Å². The van der Waals surface area contributed by atoms with Crippen LogP contribution >= 0.6 is 0 Å². The highest BCUT2D eigenvalue weighted by Gasteiger charge is 2.09. The molecule has 0 radical (unpaired) electrons. The number of nitrogens with zero attached hydrogens (tertiary/aromatic N) is 3. The van der Waals surface area contributed by atoms with E-state index in [1.54, 1.807) is 0 Å². The maximum atomic E-state index is 6.04. The van der Waals surface area contributed by atoms with E-state index in [9.17, 15) is 0 Å². The number of nitrogen functional groups attached to an aromatic ring is 1. The predicted molar refractivity (Wildman–Crippen MR) is 75.2 cm³/mol. The molecule has 0 saturated carbocycles. The number of nitrogens with one attached hydrogen (secondary N) is 1. The van der Waals surface area contributed by atoms with Gasteiger partial charge in [-0.15, -0.1) is 0 Å². The summed E-state index contributed by atoms with van der Waals surface area (Å²) in [4.78, 5) is 10.2. The topological polar surface area (TPSA) is 67.1 Å². The molecule has 0 aliphatic carbocycles. The Hall–Kier alpha value is -2.30. The van der Waals surface area contributed by atoms with Gasteiger partial charge in [-0.05, 0) is 24.6 Å². The van der Waals surface area contributed by atoms with Gasteiger partial charge in [-0.3, -0.25) is 0 Å². The van der Waals surface area contributed by atoms with Crippen molar-refractivity contribution in [1.82, 2.24) is 9.97 Å². The van der Waals surface area contributed by atoms with Gasteiger partial charge in [0.1, 0.15) is 12.0 Å². The van der Waals surface area contributed by atoms with Crippen LogP contribution in [0.5, 0.6) is 0 Å². The van der Waals surface area contributed by atoms with Gasteiger partial charge in [-0.2, -0.15) is 0 Å². The van der Waals surface area contributed by atoms with Crippen molar-refractivity contribution in [1.29, 1.82) is 0 Å². The Morgan fingerprint density at radius 3 is 2.67 bits per heavy atom. The fraction of sp³-hybridized carbons (Fsp3) is 0.231. The number of aromatic nitrogens is 2. The van der Waals surface area contributed by atoms with E-state index in [1.165, 1.54) is 11.9 Å². The first kappa shape index (κ1) is 12.2. The highest BCUT2D eigenvalue weighted by Crippen LogP contribution is 2.27. The fourth-order valence-electron chi connectivity index (χ4n) is 1.70. The first-order chi connectivity index (χ1) is 8.58. The zero-order valence-corrected chi connectivity index (χ0v) is 10.8. The standard InChI is InChI=1S/C13H17N5/c1-9-5-4-6-10(7-9)17-12-11(14)13(18(2)3)16-8-15-12/h4-8H,14H2,1-3H3,(H,15,16,17). The molecule has 94 valence electrons. The third kappa shape index (κ3) is 2.51. The highest BCUT2D eigenvalue weighted by atomic mass is 15.2. The van der Waals surface area contributed by atoms with Crippen LogP contribution in [-0.4, -0.2) is 24.1 Å². The van der Waals surface area contributed by atoms with Gasteiger partial charge in [-0.25, -0.2) is 9.97 Å². The second-order valence-corrected chi connectivity index (χ2v) is 4.35. The van der Waals surface area contributed by atoms with Gasteiger partial charge >= 0.3 is 0 Å². The third-order valence-corrected chi connectivity index (χ3v) is 2.57. The molecule has 0 atom stereocenters. The average Bonchev–Trinajstić information content (AvgIpc) is 2.31. The van der Waals surface area contributed by atoms with Gasteiger partial charge in [0.25, 0.3) is 0 Å². The Bertz CT molecular complexity index is 551. The van der Waals surface area contributed by atoms with Gasteiger partial charge in [0, 0.05) is 19.8 Å². The summed E-state index contributed by atoms with van der Waals surface area (Å²) in [5, 5.41) is 3.21. The first-order valence-electron chi connectivity index (χ1n) is 5.69. The van der Waals surface area contributed by atoms with Crippen LogP contribution in [0.3, 0.4) is 0 Å². The highest BCUT2D eigenvalue weighted by molar-refractivity contribution is 5.77. The monoisotopic (exact) mass is 243 g/mol. The molecule has 1 aromatic carbocycles. The minimum Gasteiger partial charge on any atom is -0.393 e. The van der Waals surface area contributed by atoms with Crippen molar-refractivity contribution in [3.05, 3.63) is 36.2 Å². The molecule has 0 amide bonds. The lowest BCUT2D eigenvalue weighted by atomic mass is 10.2. The number of aryl methyl sites for hydroxylation is 1.